The van der Waals surface area contributed by atoms with E-state index in [2.05, 4.69) is 16.9 Å². The lowest BCUT2D eigenvalue weighted by Gasteiger charge is -2.23. The molecule has 2 aromatic carbocycles. The van der Waals surface area contributed by atoms with Gasteiger partial charge in [0.05, 0.1) is 4.90 Å². The summed E-state index contributed by atoms with van der Waals surface area (Å²) >= 11 is 0. The van der Waals surface area contributed by atoms with Crippen molar-refractivity contribution in [1.29, 1.82) is 0 Å². The number of benzene rings is 2. The van der Waals surface area contributed by atoms with Crippen LogP contribution in [0.4, 0.5) is 0 Å². The fourth-order valence-corrected chi connectivity index (χ4v) is 4.09. The Morgan fingerprint density at radius 1 is 1.15 bits per heavy atom. The molecule has 5 nitrogen and oxygen atoms in total. The van der Waals surface area contributed by atoms with E-state index in [1.54, 1.807) is 24.3 Å². The molecule has 0 aromatic heterocycles. The minimum Gasteiger partial charge on any atom is -0.336 e. The third kappa shape index (κ3) is 4.84. The Morgan fingerprint density at radius 3 is 2.52 bits per heavy atom. The maximum absolute atomic E-state index is 12.6. The maximum atomic E-state index is 12.6. The van der Waals surface area contributed by atoms with E-state index >= 15 is 0 Å². The minimum atomic E-state index is -3.45. The molecule has 1 heterocycles. The number of nitrogens with one attached hydrogen (secondary N) is 1. The number of carbonyl (C=O) groups excluding carboxylic acids is 1. The second-order valence-corrected chi connectivity index (χ2v) is 8.51. The Labute approximate surface area is 160 Å². The smallest absolute Gasteiger partial charge is 0.246 e. The lowest BCUT2D eigenvalue weighted by Crippen LogP contribution is -2.35. The summed E-state index contributed by atoms with van der Waals surface area (Å²) in [4.78, 5) is 14.8. The Hall–Kier alpha value is -2.44. The Balaban J connectivity index is 1.65. The van der Waals surface area contributed by atoms with Crippen LogP contribution in [0, 0.1) is 0 Å². The highest BCUT2D eigenvalue weighted by Gasteiger charge is 2.27. The average Bonchev–Trinajstić information content (AvgIpc) is 3.15. The summed E-state index contributed by atoms with van der Waals surface area (Å²) in [5.41, 5.74) is 2.03. The van der Waals surface area contributed by atoms with Crippen LogP contribution in [0.2, 0.25) is 0 Å². The lowest BCUT2D eigenvalue weighted by molar-refractivity contribution is -0.126. The van der Waals surface area contributed by atoms with Gasteiger partial charge in [-0.25, -0.2) is 13.1 Å². The van der Waals surface area contributed by atoms with Gasteiger partial charge in [0, 0.05) is 18.7 Å². The van der Waals surface area contributed by atoms with Crippen LogP contribution in [-0.4, -0.2) is 38.9 Å². The van der Waals surface area contributed by atoms with Gasteiger partial charge >= 0.3 is 0 Å². The molecule has 0 aliphatic carbocycles. The Bertz CT molecular complexity index is 906. The Kier molecular flexibility index (Phi) is 6.08. The highest BCUT2D eigenvalue weighted by molar-refractivity contribution is 7.89. The van der Waals surface area contributed by atoms with Gasteiger partial charge in [0.15, 0.2) is 0 Å². The number of amides is 1. The van der Waals surface area contributed by atoms with Crippen molar-refractivity contribution in [3.8, 4) is 0 Å². The Morgan fingerprint density at radius 2 is 1.85 bits per heavy atom. The molecule has 6 heteroatoms. The molecule has 0 radical (unpaired) electrons. The maximum Gasteiger partial charge on any atom is 0.246 e. The standard InChI is InChI=1S/C21H24N2O3S/c1-22-27(25,26)20-12-9-17(10-13-20)11-14-21(24)23-15-5-8-19(23)16-18-6-3-2-4-7-18/h2-4,6-7,9-14,19,22H,5,8,15-16H2,1H3/b14-11+. The van der Waals surface area contributed by atoms with Crippen LogP contribution in [-0.2, 0) is 21.2 Å². The molecule has 1 atom stereocenters. The molecule has 0 spiro atoms. The molecule has 2 aromatic rings. The molecule has 1 N–H and O–H groups in total. The fourth-order valence-electron chi connectivity index (χ4n) is 3.36. The zero-order valence-corrected chi connectivity index (χ0v) is 16.2. The first-order chi connectivity index (χ1) is 13.0. The van der Waals surface area contributed by atoms with E-state index in [4.69, 9.17) is 0 Å². The number of sulfonamides is 1. The summed E-state index contributed by atoms with van der Waals surface area (Å²) in [7, 11) is -2.07. The topological polar surface area (TPSA) is 66.5 Å². The second-order valence-electron chi connectivity index (χ2n) is 6.63. The quantitative estimate of drug-likeness (QED) is 0.779. The van der Waals surface area contributed by atoms with E-state index < -0.39 is 10.0 Å². The lowest BCUT2D eigenvalue weighted by atomic mass is 10.0. The normalized spacial score (nSPS) is 17.5. The average molecular weight is 385 g/mol. The highest BCUT2D eigenvalue weighted by Crippen LogP contribution is 2.22. The minimum absolute atomic E-state index is 0.000328. The summed E-state index contributed by atoms with van der Waals surface area (Å²) in [5, 5.41) is 0. The van der Waals surface area contributed by atoms with Gasteiger partial charge in [-0.3, -0.25) is 4.79 Å². The van der Waals surface area contributed by atoms with Crippen LogP contribution in [0.25, 0.3) is 6.08 Å². The van der Waals surface area contributed by atoms with Gasteiger partial charge in [-0.05, 0) is 55.6 Å². The van der Waals surface area contributed by atoms with Crippen molar-refractivity contribution in [2.75, 3.05) is 13.6 Å². The van der Waals surface area contributed by atoms with Gasteiger partial charge in [0.1, 0.15) is 0 Å². The summed E-state index contributed by atoms with van der Waals surface area (Å²) in [5.74, 6) is 0.000328. The van der Waals surface area contributed by atoms with Crippen molar-refractivity contribution < 1.29 is 13.2 Å². The van der Waals surface area contributed by atoms with Crippen LogP contribution < -0.4 is 4.72 Å². The number of rotatable bonds is 6. The van der Waals surface area contributed by atoms with Gasteiger partial charge in [-0.2, -0.15) is 0 Å². The van der Waals surface area contributed by atoms with E-state index in [0.29, 0.717) is 0 Å². The first-order valence-electron chi connectivity index (χ1n) is 9.06. The van der Waals surface area contributed by atoms with Gasteiger partial charge in [0.2, 0.25) is 15.9 Å². The summed E-state index contributed by atoms with van der Waals surface area (Å²) in [6.07, 6.45) is 6.22. The number of carbonyl (C=O) groups is 1. The third-order valence-electron chi connectivity index (χ3n) is 4.85. The van der Waals surface area contributed by atoms with Gasteiger partial charge < -0.3 is 4.90 Å². The van der Waals surface area contributed by atoms with Gasteiger partial charge in [-0.1, -0.05) is 42.5 Å². The number of hydrogen-bond acceptors (Lipinski definition) is 3. The SMILES string of the molecule is CNS(=O)(=O)c1ccc(/C=C/C(=O)N2CCCC2Cc2ccccc2)cc1. The molecule has 1 fully saturated rings. The van der Waals surface area contributed by atoms with E-state index in [1.807, 2.05) is 23.1 Å². The van der Waals surface area contributed by atoms with E-state index in [9.17, 15) is 13.2 Å². The number of likely N-dealkylation sites (tertiary alicyclic amines) is 1. The molecule has 1 aliphatic rings. The molecule has 1 amide bonds. The first-order valence-corrected chi connectivity index (χ1v) is 10.5. The van der Waals surface area contributed by atoms with E-state index in [1.165, 1.54) is 24.7 Å². The molecule has 1 unspecified atom stereocenters. The largest absolute Gasteiger partial charge is 0.336 e. The predicted molar refractivity (Wildman–Crippen MR) is 107 cm³/mol. The summed E-state index contributed by atoms with van der Waals surface area (Å²) in [6.45, 7) is 0.778. The van der Waals surface area contributed by atoms with Gasteiger partial charge in [0.25, 0.3) is 0 Å². The van der Waals surface area contributed by atoms with Gasteiger partial charge in [-0.15, -0.1) is 0 Å². The molecule has 0 saturated carbocycles. The highest BCUT2D eigenvalue weighted by atomic mass is 32.2. The molecule has 1 saturated heterocycles. The first kappa shape index (κ1) is 19.3. The molecular formula is C21H24N2O3S. The van der Waals surface area contributed by atoms with Crippen molar-refractivity contribution in [3.63, 3.8) is 0 Å². The van der Waals surface area contributed by atoms with E-state index in [-0.39, 0.29) is 16.8 Å². The van der Waals surface area contributed by atoms with Crippen LogP contribution in [0.3, 0.4) is 0 Å². The molecule has 142 valence electrons. The van der Waals surface area contributed by atoms with Crippen molar-refractivity contribution in [3.05, 3.63) is 71.8 Å². The summed E-state index contributed by atoms with van der Waals surface area (Å²) in [6, 6.07) is 16.9. The van der Waals surface area contributed by atoms with Crippen LogP contribution >= 0.6 is 0 Å². The summed E-state index contributed by atoms with van der Waals surface area (Å²) < 4.78 is 25.8. The van der Waals surface area contributed by atoms with Crippen molar-refractivity contribution in [2.24, 2.45) is 0 Å². The number of hydrogen-bond donors (Lipinski definition) is 1. The monoisotopic (exact) mass is 384 g/mol. The zero-order chi connectivity index (χ0) is 19.3. The van der Waals surface area contributed by atoms with Crippen LogP contribution in [0.1, 0.15) is 24.0 Å². The van der Waals surface area contributed by atoms with E-state index in [0.717, 1.165) is 31.4 Å². The third-order valence-corrected chi connectivity index (χ3v) is 6.28. The van der Waals surface area contributed by atoms with Crippen molar-refractivity contribution in [2.45, 2.75) is 30.2 Å². The molecular weight excluding hydrogens is 360 g/mol. The van der Waals surface area contributed by atoms with Crippen LogP contribution in [0.5, 0.6) is 0 Å². The molecule has 1 aliphatic heterocycles. The molecule has 27 heavy (non-hydrogen) atoms. The van der Waals surface area contributed by atoms with Crippen LogP contribution in [0.15, 0.2) is 65.6 Å². The second kappa shape index (κ2) is 8.50. The molecule has 0 bridgehead atoms. The zero-order valence-electron chi connectivity index (χ0n) is 15.3. The molecule has 3 rings (SSSR count). The van der Waals surface area contributed by atoms with Crippen molar-refractivity contribution >= 4 is 22.0 Å². The van der Waals surface area contributed by atoms with Crippen molar-refractivity contribution in [1.82, 2.24) is 9.62 Å². The fraction of sp³-hybridized carbons (Fsp3) is 0.286. The predicted octanol–water partition coefficient (Wildman–Crippen LogP) is 2.84. The number of nitrogens with zero attached hydrogens (tertiary/aromatic N) is 1.